The van der Waals surface area contributed by atoms with E-state index in [9.17, 15) is 14.4 Å². The summed E-state index contributed by atoms with van der Waals surface area (Å²) in [4.78, 5) is 38.9. The number of fused-ring (bicyclic) bond motifs is 1. The van der Waals surface area contributed by atoms with Gasteiger partial charge in [0.25, 0.3) is 0 Å². The van der Waals surface area contributed by atoms with E-state index in [4.69, 9.17) is 32.5 Å². The molecule has 0 unspecified atom stereocenters. The number of carbonyl (C=O) groups excluding carboxylic acids is 3. The summed E-state index contributed by atoms with van der Waals surface area (Å²) in [5.74, 6) is 0.308. The highest BCUT2D eigenvalue weighted by Crippen LogP contribution is 2.26. The Morgan fingerprint density at radius 2 is 1.34 bits per heavy atom. The summed E-state index contributed by atoms with van der Waals surface area (Å²) in [7, 11) is 0. The second-order valence-corrected chi connectivity index (χ2v) is 18.9. The van der Waals surface area contributed by atoms with Crippen molar-refractivity contribution in [2.24, 2.45) is 0 Å². The number of ether oxygens (including phenoxy) is 2. The monoisotopic (exact) mass is 951 g/mol. The van der Waals surface area contributed by atoms with Gasteiger partial charge in [-0.25, -0.2) is 0 Å². The molecule has 0 aromatic heterocycles. The largest absolute Gasteiger partial charge is 0.399 e. The number of alkyl halides is 1. The van der Waals surface area contributed by atoms with E-state index in [1.807, 2.05) is 46.8 Å². The first kappa shape index (κ1) is 58.7. The van der Waals surface area contributed by atoms with Crippen molar-refractivity contribution in [1.82, 2.24) is 20.9 Å². The van der Waals surface area contributed by atoms with Gasteiger partial charge in [0.1, 0.15) is 0 Å². The molecule has 0 spiro atoms. The molecule has 3 amide bonds. The van der Waals surface area contributed by atoms with Gasteiger partial charge in [0.2, 0.25) is 17.7 Å². The summed E-state index contributed by atoms with van der Waals surface area (Å²) in [6.07, 6.45) is 12.8. The van der Waals surface area contributed by atoms with E-state index in [0.29, 0.717) is 50.0 Å². The molecule has 1 aliphatic carbocycles. The summed E-state index contributed by atoms with van der Waals surface area (Å²) < 4.78 is 11.1. The minimum absolute atomic E-state index is 0.0989. The molecule has 0 aliphatic heterocycles. The Morgan fingerprint density at radius 1 is 0.716 bits per heavy atom. The number of nitrogen functional groups attached to an aromatic ring is 2. The van der Waals surface area contributed by atoms with Crippen LogP contribution in [0.4, 0.5) is 22.7 Å². The highest BCUT2D eigenvalue weighted by Gasteiger charge is 2.26. The molecule has 9 N–H and O–H groups in total. The molecule has 14 heteroatoms. The van der Waals surface area contributed by atoms with Crippen molar-refractivity contribution in [1.29, 1.82) is 0 Å². The Kier molecular flexibility index (Phi) is 29.8. The third-order valence-electron chi connectivity index (χ3n) is 11.4. The van der Waals surface area contributed by atoms with Crippen LogP contribution >= 0.6 is 11.6 Å². The van der Waals surface area contributed by atoms with Gasteiger partial charge in [-0.1, -0.05) is 57.4 Å². The Bertz CT molecular complexity index is 1770. The normalized spacial score (nSPS) is 12.3. The number of rotatable bonds is 30. The molecule has 67 heavy (non-hydrogen) atoms. The zero-order valence-electron chi connectivity index (χ0n) is 42.1. The van der Waals surface area contributed by atoms with Crippen molar-refractivity contribution in [3.63, 3.8) is 0 Å². The zero-order chi connectivity index (χ0) is 49.3. The topological polar surface area (TPSA) is 185 Å². The van der Waals surface area contributed by atoms with Crippen LogP contribution in [0.2, 0.25) is 0 Å². The van der Waals surface area contributed by atoms with Crippen molar-refractivity contribution >= 4 is 52.1 Å². The first-order chi connectivity index (χ1) is 32.1. The third kappa shape index (κ3) is 27.9. The van der Waals surface area contributed by atoms with E-state index in [1.54, 1.807) is 35.4 Å². The molecule has 376 valence electrons. The van der Waals surface area contributed by atoms with Crippen molar-refractivity contribution in [2.45, 2.75) is 149 Å². The maximum Gasteiger partial charge on any atom is 0.238 e. The van der Waals surface area contributed by atoms with Crippen LogP contribution < -0.4 is 38.1 Å². The number of hydrogen-bond acceptors (Lipinski definition) is 10. The molecular weight excluding hydrogens is 864 g/mol. The van der Waals surface area contributed by atoms with Gasteiger partial charge in [-0.2, -0.15) is 0 Å². The Balaban J connectivity index is 0.000000416. The summed E-state index contributed by atoms with van der Waals surface area (Å²) >= 11 is 5.44. The second-order valence-electron chi connectivity index (χ2n) is 18.5. The molecule has 0 heterocycles. The van der Waals surface area contributed by atoms with Crippen molar-refractivity contribution in [3.05, 3.63) is 83.9 Å². The van der Waals surface area contributed by atoms with Crippen LogP contribution in [-0.2, 0) is 36.7 Å². The van der Waals surface area contributed by atoms with E-state index >= 15 is 0 Å². The predicted octanol–water partition coefficient (Wildman–Crippen LogP) is 9.30. The summed E-state index contributed by atoms with van der Waals surface area (Å²) in [6, 6.07) is 24.5. The van der Waals surface area contributed by atoms with Gasteiger partial charge in [-0.3, -0.25) is 24.6 Å². The molecule has 0 fully saturated rings. The maximum atomic E-state index is 12.1. The van der Waals surface area contributed by atoms with Gasteiger partial charge in [0, 0.05) is 79.4 Å². The van der Waals surface area contributed by atoms with E-state index in [2.05, 4.69) is 81.7 Å². The molecular formula is C53H87ClN8O5. The minimum Gasteiger partial charge on any atom is -0.399 e. The van der Waals surface area contributed by atoms with E-state index in [-0.39, 0.29) is 49.4 Å². The number of benzene rings is 3. The molecule has 0 bridgehead atoms. The van der Waals surface area contributed by atoms with Crippen LogP contribution in [0.25, 0.3) is 0 Å². The number of nitrogens with one attached hydrogen (secondary N) is 5. The fourth-order valence-corrected chi connectivity index (χ4v) is 7.59. The quantitative estimate of drug-likeness (QED) is 0.0147. The Hall–Kier alpha value is -4.40. The van der Waals surface area contributed by atoms with E-state index in [1.165, 1.54) is 70.9 Å². The lowest BCUT2D eigenvalue weighted by Gasteiger charge is -2.28. The van der Waals surface area contributed by atoms with Crippen LogP contribution in [0.5, 0.6) is 0 Å². The number of nitrogens with zero attached hydrogens (tertiary/aromatic N) is 1. The summed E-state index contributed by atoms with van der Waals surface area (Å²) in [5.41, 5.74) is 16.9. The predicted molar refractivity (Wildman–Crippen MR) is 281 cm³/mol. The van der Waals surface area contributed by atoms with Gasteiger partial charge in [0.15, 0.2) is 0 Å². The molecule has 0 saturated carbocycles. The summed E-state index contributed by atoms with van der Waals surface area (Å²) in [6.45, 7) is 19.5. The lowest BCUT2D eigenvalue weighted by atomic mass is 10.0. The first-order valence-corrected chi connectivity index (χ1v) is 25.2. The van der Waals surface area contributed by atoms with Crippen LogP contribution in [0.15, 0.2) is 72.8 Å². The van der Waals surface area contributed by atoms with Crippen molar-refractivity contribution < 1.29 is 23.9 Å². The smallest absolute Gasteiger partial charge is 0.238 e. The Morgan fingerprint density at radius 3 is 1.94 bits per heavy atom. The average Bonchev–Trinajstić information content (AvgIpc) is 3.73. The number of amides is 3. The zero-order valence-corrected chi connectivity index (χ0v) is 42.8. The number of halogens is 1. The van der Waals surface area contributed by atoms with Crippen LogP contribution in [0.3, 0.4) is 0 Å². The van der Waals surface area contributed by atoms with E-state index < -0.39 is 5.60 Å². The van der Waals surface area contributed by atoms with Gasteiger partial charge >= 0.3 is 0 Å². The molecule has 13 nitrogen and oxygen atoms in total. The lowest BCUT2D eigenvalue weighted by molar-refractivity contribution is -0.127. The van der Waals surface area contributed by atoms with Gasteiger partial charge in [-0.15, -0.1) is 11.6 Å². The van der Waals surface area contributed by atoms with Crippen molar-refractivity contribution in [3.8, 4) is 0 Å². The van der Waals surface area contributed by atoms with Gasteiger partial charge < -0.3 is 42.2 Å². The third-order valence-corrected chi connectivity index (χ3v) is 11.6. The number of anilines is 4. The highest BCUT2D eigenvalue weighted by molar-refractivity contribution is 6.17. The second kappa shape index (κ2) is 34.0. The molecule has 3 aromatic carbocycles. The molecule has 4 rings (SSSR count). The first-order valence-electron chi connectivity index (χ1n) is 24.7. The van der Waals surface area contributed by atoms with Crippen LogP contribution in [0.1, 0.15) is 130 Å². The molecule has 0 atom stereocenters. The number of hydrogen-bond donors (Lipinski definition) is 7. The van der Waals surface area contributed by atoms with Crippen LogP contribution in [-0.4, -0.2) is 98.4 Å². The summed E-state index contributed by atoms with van der Waals surface area (Å²) in [5, 5.41) is 15.0. The highest BCUT2D eigenvalue weighted by atomic mass is 35.5. The fourth-order valence-electron chi connectivity index (χ4n) is 7.40. The average molecular weight is 952 g/mol. The van der Waals surface area contributed by atoms with Crippen LogP contribution in [0, 0.1) is 0 Å². The SMILES string of the molecule is CCCCCCCl.CCCN(CCCCNc1ccc(N)cc1)C1Cc2ccccc2C1.CCOCCC(C)(C)NC(=O)CCC(=O)NCCC(C)(C)OCNCC(=O)Nc1ccc(N)cc1. The van der Waals surface area contributed by atoms with Crippen molar-refractivity contribution in [2.75, 3.05) is 80.6 Å². The Labute approximate surface area is 409 Å². The number of nitrogens with two attached hydrogens (primary N) is 2. The molecule has 3 aromatic rings. The van der Waals surface area contributed by atoms with E-state index in [0.717, 1.165) is 23.8 Å². The lowest BCUT2D eigenvalue weighted by Crippen LogP contribution is -2.44. The number of carbonyl (C=O) groups is 3. The van der Waals surface area contributed by atoms with Gasteiger partial charge in [-0.05, 0) is 159 Å². The molecule has 0 radical (unpaired) electrons. The molecule has 1 aliphatic rings. The maximum absolute atomic E-state index is 12.1. The standard InChI is InChI=1S/C25H43N5O5.C22H31N3.C6H13Cl/c1-6-34-16-14-24(2,3)30-22(32)12-11-21(31)28-15-13-25(4,5)35-18-27-17-23(33)29-20-9-7-19(26)8-10-20;1-2-14-25(22-16-18-7-3-4-8-19(18)17-22)15-6-5-13-24-21-11-9-20(23)10-12-21;1-2-3-4-5-6-7/h7-10,27H,6,11-18,26H2,1-5H3,(H,28,31)(H,29,33)(H,30,32);3-4,7-12,22,24H,2,5-6,13-17,23H2,1H3;2-6H2,1H3. The fraction of sp³-hybridized carbons (Fsp3) is 0.604. The molecule has 0 saturated heterocycles. The number of unbranched alkanes of at least 4 members (excludes halogenated alkanes) is 4. The minimum atomic E-state index is -0.504. The van der Waals surface area contributed by atoms with Gasteiger partial charge in [0.05, 0.1) is 18.9 Å².